The standard InChI is InChI=1S/C15H20N2O2S/c1-10(20-2)15(19)17(13-7-8-13)9-11-3-5-12(6-4-11)14(16)18/h3-6,10,13H,7-9H2,1-2H3,(H2,16,18). The Balaban J connectivity index is 2.08. The molecular weight excluding hydrogens is 272 g/mol. The Kier molecular flexibility index (Phi) is 4.70. The van der Waals surface area contributed by atoms with Crippen molar-refractivity contribution in [2.24, 2.45) is 5.73 Å². The van der Waals surface area contributed by atoms with E-state index >= 15 is 0 Å². The van der Waals surface area contributed by atoms with Crippen LogP contribution < -0.4 is 5.73 Å². The van der Waals surface area contributed by atoms with Crippen LogP contribution in [0.5, 0.6) is 0 Å². The van der Waals surface area contributed by atoms with E-state index in [1.807, 2.05) is 30.2 Å². The van der Waals surface area contributed by atoms with E-state index in [0.29, 0.717) is 18.2 Å². The van der Waals surface area contributed by atoms with Crippen molar-refractivity contribution in [1.82, 2.24) is 4.90 Å². The van der Waals surface area contributed by atoms with Gasteiger partial charge in [-0.05, 0) is 43.7 Å². The molecule has 1 aromatic rings. The van der Waals surface area contributed by atoms with Gasteiger partial charge in [0.1, 0.15) is 0 Å². The van der Waals surface area contributed by atoms with Crippen LogP contribution in [0.15, 0.2) is 24.3 Å². The van der Waals surface area contributed by atoms with Gasteiger partial charge < -0.3 is 10.6 Å². The van der Waals surface area contributed by atoms with Crippen LogP contribution in [0, 0.1) is 0 Å². The highest BCUT2D eigenvalue weighted by Gasteiger charge is 2.34. The largest absolute Gasteiger partial charge is 0.366 e. The first-order valence-electron chi connectivity index (χ1n) is 6.75. The van der Waals surface area contributed by atoms with Crippen molar-refractivity contribution in [1.29, 1.82) is 0 Å². The first-order valence-corrected chi connectivity index (χ1v) is 8.03. The lowest BCUT2D eigenvalue weighted by atomic mass is 10.1. The minimum Gasteiger partial charge on any atom is -0.366 e. The summed E-state index contributed by atoms with van der Waals surface area (Å²) in [6.45, 7) is 2.55. The van der Waals surface area contributed by atoms with Gasteiger partial charge in [0.2, 0.25) is 11.8 Å². The van der Waals surface area contributed by atoms with Gasteiger partial charge in [0.05, 0.1) is 5.25 Å². The van der Waals surface area contributed by atoms with Crippen LogP contribution in [0.2, 0.25) is 0 Å². The van der Waals surface area contributed by atoms with E-state index in [1.165, 1.54) is 0 Å². The molecule has 5 heteroatoms. The number of nitrogens with zero attached hydrogens (tertiary/aromatic N) is 1. The van der Waals surface area contributed by atoms with E-state index in [9.17, 15) is 9.59 Å². The summed E-state index contributed by atoms with van der Waals surface area (Å²) < 4.78 is 0. The number of hydrogen-bond donors (Lipinski definition) is 1. The van der Waals surface area contributed by atoms with E-state index < -0.39 is 5.91 Å². The lowest BCUT2D eigenvalue weighted by molar-refractivity contribution is -0.131. The number of nitrogens with two attached hydrogens (primary N) is 1. The average Bonchev–Trinajstić information content (AvgIpc) is 3.28. The molecule has 2 rings (SSSR count). The van der Waals surface area contributed by atoms with Crippen molar-refractivity contribution in [2.75, 3.05) is 6.26 Å². The zero-order valence-electron chi connectivity index (χ0n) is 11.8. The fourth-order valence-electron chi connectivity index (χ4n) is 2.08. The minimum absolute atomic E-state index is 0.0134. The molecular formula is C15H20N2O2S. The van der Waals surface area contributed by atoms with Gasteiger partial charge in [0.25, 0.3) is 0 Å². The van der Waals surface area contributed by atoms with Crippen LogP contribution in [0.4, 0.5) is 0 Å². The summed E-state index contributed by atoms with van der Waals surface area (Å²) in [6.07, 6.45) is 4.13. The summed E-state index contributed by atoms with van der Waals surface area (Å²) in [5.41, 5.74) is 6.75. The number of amides is 2. The van der Waals surface area contributed by atoms with Crippen LogP contribution in [-0.2, 0) is 11.3 Å². The lowest BCUT2D eigenvalue weighted by Gasteiger charge is -2.25. The lowest BCUT2D eigenvalue weighted by Crippen LogP contribution is -2.37. The van der Waals surface area contributed by atoms with E-state index in [1.54, 1.807) is 23.9 Å². The van der Waals surface area contributed by atoms with Crippen LogP contribution in [-0.4, -0.2) is 34.3 Å². The number of rotatable bonds is 6. The van der Waals surface area contributed by atoms with Crippen molar-refractivity contribution in [3.63, 3.8) is 0 Å². The maximum absolute atomic E-state index is 12.4. The van der Waals surface area contributed by atoms with Crippen molar-refractivity contribution in [3.05, 3.63) is 35.4 Å². The molecule has 1 aliphatic rings. The third kappa shape index (κ3) is 3.54. The van der Waals surface area contributed by atoms with E-state index in [-0.39, 0.29) is 11.2 Å². The predicted octanol–water partition coefficient (Wildman–Crippen LogP) is 2.03. The van der Waals surface area contributed by atoms with Gasteiger partial charge in [-0.25, -0.2) is 0 Å². The fraction of sp³-hybridized carbons (Fsp3) is 0.467. The molecule has 0 aliphatic heterocycles. The third-order valence-electron chi connectivity index (χ3n) is 3.56. The van der Waals surface area contributed by atoms with Gasteiger partial charge in [0.15, 0.2) is 0 Å². The maximum atomic E-state index is 12.4. The summed E-state index contributed by atoms with van der Waals surface area (Å²) in [7, 11) is 0. The van der Waals surface area contributed by atoms with E-state index in [0.717, 1.165) is 18.4 Å². The highest BCUT2D eigenvalue weighted by molar-refractivity contribution is 7.99. The summed E-state index contributed by atoms with van der Waals surface area (Å²) in [4.78, 5) is 25.4. The highest BCUT2D eigenvalue weighted by Crippen LogP contribution is 2.30. The number of carbonyl (C=O) groups is 2. The second kappa shape index (κ2) is 6.31. The number of carbonyl (C=O) groups excluding carboxylic acids is 2. The smallest absolute Gasteiger partial charge is 0.248 e. The Morgan fingerprint density at radius 1 is 1.35 bits per heavy atom. The molecule has 20 heavy (non-hydrogen) atoms. The molecule has 0 heterocycles. The van der Waals surface area contributed by atoms with Gasteiger partial charge in [-0.2, -0.15) is 11.8 Å². The average molecular weight is 292 g/mol. The Labute approximate surface area is 123 Å². The normalized spacial score (nSPS) is 15.7. The van der Waals surface area contributed by atoms with E-state index in [4.69, 9.17) is 5.73 Å². The van der Waals surface area contributed by atoms with Crippen LogP contribution in [0.25, 0.3) is 0 Å². The summed E-state index contributed by atoms with van der Waals surface area (Å²) in [6, 6.07) is 7.54. The molecule has 0 saturated heterocycles. The molecule has 1 saturated carbocycles. The van der Waals surface area contributed by atoms with Crippen molar-refractivity contribution < 1.29 is 9.59 Å². The molecule has 0 aromatic heterocycles. The predicted molar refractivity (Wildman–Crippen MR) is 81.5 cm³/mol. The van der Waals surface area contributed by atoms with Crippen molar-refractivity contribution in [3.8, 4) is 0 Å². The van der Waals surface area contributed by atoms with Gasteiger partial charge >= 0.3 is 0 Å². The minimum atomic E-state index is -0.428. The molecule has 1 unspecified atom stereocenters. The molecule has 1 aliphatic carbocycles. The zero-order chi connectivity index (χ0) is 14.7. The molecule has 2 N–H and O–H groups in total. The fourth-order valence-corrected chi connectivity index (χ4v) is 2.42. The van der Waals surface area contributed by atoms with Gasteiger partial charge in [-0.3, -0.25) is 9.59 Å². The molecule has 0 bridgehead atoms. The Morgan fingerprint density at radius 3 is 2.40 bits per heavy atom. The number of benzene rings is 1. The highest BCUT2D eigenvalue weighted by atomic mass is 32.2. The van der Waals surface area contributed by atoms with Gasteiger partial charge in [-0.1, -0.05) is 12.1 Å². The Hall–Kier alpha value is -1.49. The number of thioether (sulfide) groups is 1. The SMILES string of the molecule is CSC(C)C(=O)N(Cc1ccc(C(N)=O)cc1)C1CC1. The van der Waals surface area contributed by atoms with Crippen LogP contribution in [0.3, 0.4) is 0 Å². The molecule has 0 radical (unpaired) electrons. The molecule has 1 fully saturated rings. The van der Waals surface area contributed by atoms with Crippen LogP contribution in [0.1, 0.15) is 35.7 Å². The quantitative estimate of drug-likeness (QED) is 0.872. The van der Waals surface area contributed by atoms with Gasteiger partial charge in [0, 0.05) is 18.2 Å². The second-order valence-corrected chi connectivity index (χ2v) is 6.31. The third-order valence-corrected chi connectivity index (χ3v) is 4.47. The van der Waals surface area contributed by atoms with Crippen molar-refractivity contribution in [2.45, 2.75) is 37.6 Å². The molecule has 1 aromatic carbocycles. The summed E-state index contributed by atoms with van der Waals surface area (Å²) in [5, 5.41) is -0.0134. The molecule has 1 atom stereocenters. The summed E-state index contributed by atoms with van der Waals surface area (Å²) >= 11 is 1.57. The Morgan fingerprint density at radius 2 is 1.95 bits per heavy atom. The number of hydrogen-bond acceptors (Lipinski definition) is 3. The zero-order valence-corrected chi connectivity index (χ0v) is 12.7. The maximum Gasteiger partial charge on any atom is 0.248 e. The monoisotopic (exact) mass is 292 g/mol. The first kappa shape index (κ1) is 14.9. The molecule has 2 amide bonds. The van der Waals surface area contributed by atoms with E-state index in [2.05, 4.69) is 0 Å². The molecule has 0 spiro atoms. The number of primary amides is 1. The molecule has 108 valence electrons. The Bertz CT molecular complexity index is 497. The summed E-state index contributed by atoms with van der Waals surface area (Å²) in [5.74, 6) is -0.235. The first-order chi connectivity index (χ1) is 9.52. The van der Waals surface area contributed by atoms with Crippen molar-refractivity contribution >= 4 is 23.6 Å². The topological polar surface area (TPSA) is 63.4 Å². The molecule has 4 nitrogen and oxygen atoms in total. The van der Waals surface area contributed by atoms with Gasteiger partial charge in [-0.15, -0.1) is 0 Å². The second-order valence-electron chi connectivity index (χ2n) is 5.14. The van der Waals surface area contributed by atoms with Crippen LogP contribution >= 0.6 is 11.8 Å².